The number of benzene rings is 4. The third kappa shape index (κ3) is 3.98. The van der Waals surface area contributed by atoms with Gasteiger partial charge in [-0.25, -0.2) is 4.98 Å². The van der Waals surface area contributed by atoms with Gasteiger partial charge in [0.1, 0.15) is 11.3 Å². The van der Waals surface area contributed by atoms with Crippen LogP contribution in [0.25, 0.3) is 33.3 Å². The molecule has 5 aromatic rings. The summed E-state index contributed by atoms with van der Waals surface area (Å²) in [6.07, 6.45) is 3.93. The van der Waals surface area contributed by atoms with E-state index in [4.69, 9.17) is 4.42 Å². The van der Waals surface area contributed by atoms with Gasteiger partial charge in [-0.15, -0.1) is 0 Å². The molecule has 1 aliphatic heterocycles. The number of phenols is 1. The van der Waals surface area contributed by atoms with E-state index in [-0.39, 0.29) is 35.6 Å². The molecule has 2 heterocycles. The van der Waals surface area contributed by atoms with Crippen molar-refractivity contribution in [3.8, 4) is 17.2 Å². The smallest absolute Gasteiger partial charge is 0.238 e. The van der Waals surface area contributed by atoms with Crippen molar-refractivity contribution in [1.82, 2.24) is 4.98 Å². The van der Waals surface area contributed by atoms with Crippen molar-refractivity contribution in [2.75, 3.05) is 4.90 Å². The number of allylic oxidation sites excluding steroid dienone is 6. The molecule has 8 nitrogen and oxygen atoms in total. The number of fused-ring (bicyclic) bond motifs is 5. The SMILES string of the molecule is CC1=CC(=O)C2=C(C1=O)[C@@H](c1ccc(O)c3ccccc13)C1=CC[C@@H]3C(=O)N(c4ccc(-c5nc6ccccc6o5)cc4)C(=O)[C@@H]3[C@@H]1C2. The predicted octanol–water partition coefficient (Wildman–Crippen LogP) is 6.99. The number of hydrogen-bond acceptors (Lipinski definition) is 7. The van der Waals surface area contributed by atoms with Gasteiger partial charge in [0.15, 0.2) is 17.1 Å². The van der Waals surface area contributed by atoms with E-state index >= 15 is 0 Å². The van der Waals surface area contributed by atoms with E-state index in [1.165, 1.54) is 11.0 Å². The Bertz CT molecular complexity index is 2340. The highest BCUT2D eigenvalue weighted by Crippen LogP contribution is 2.56. The van der Waals surface area contributed by atoms with Crippen LogP contribution in [-0.2, 0) is 19.2 Å². The number of oxazole rings is 1. The molecule has 3 aliphatic carbocycles. The maximum Gasteiger partial charge on any atom is 0.238 e. The summed E-state index contributed by atoms with van der Waals surface area (Å²) in [5.41, 5.74) is 5.44. The van der Waals surface area contributed by atoms with Crippen LogP contribution in [0.1, 0.15) is 31.2 Å². The molecule has 8 heteroatoms. The zero-order valence-corrected chi connectivity index (χ0v) is 25.8. The lowest BCUT2D eigenvalue weighted by Crippen LogP contribution is -2.39. The average molecular weight is 633 g/mol. The normalized spacial score (nSPS) is 23.7. The number of aromatic hydroxyl groups is 1. The Hall–Kier alpha value is -5.89. The fourth-order valence-electron chi connectivity index (χ4n) is 8.28. The Morgan fingerprint density at radius 1 is 0.833 bits per heavy atom. The second kappa shape index (κ2) is 10.3. The quantitative estimate of drug-likeness (QED) is 0.129. The third-order valence-corrected chi connectivity index (χ3v) is 10.5. The lowest BCUT2D eigenvalue weighted by atomic mass is 9.59. The van der Waals surface area contributed by atoms with Crippen molar-refractivity contribution in [1.29, 1.82) is 0 Å². The molecular weight excluding hydrogens is 604 g/mol. The third-order valence-electron chi connectivity index (χ3n) is 10.5. The van der Waals surface area contributed by atoms with Gasteiger partial charge in [0, 0.05) is 33.6 Å². The number of aromatic nitrogens is 1. The van der Waals surface area contributed by atoms with Crippen LogP contribution in [0.3, 0.4) is 0 Å². The minimum atomic E-state index is -0.691. The van der Waals surface area contributed by atoms with Gasteiger partial charge in [-0.3, -0.25) is 24.1 Å². The molecule has 1 aromatic heterocycles. The topological polar surface area (TPSA) is 118 Å². The molecule has 1 fully saturated rings. The molecule has 4 atom stereocenters. The lowest BCUT2D eigenvalue weighted by molar-refractivity contribution is -0.123. The number of phenolic OH excluding ortho intramolecular Hbond substituents is 1. The number of rotatable bonds is 3. The Kier molecular flexibility index (Phi) is 6.09. The number of para-hydroxylation sites is 2. The number of amides is 2. The zero-order valence-electron chi connectivity index (χ0n) is 25.8. The van der Waals surface area contributed by atoms with Gasteiger partial charge in [-0.2, -0.15) is 0 Å². The summed E-state index contributed by atoms with van der Waals surface area (Å²) >= 11 is 0. The Labute approximate surface area is 274 Å². The molecule has 4 aromatic carbocycles. The van der Waals surface area contributed by atoms with Gasteiger partial charge in [-0.1, -0.05) is 54.1 Å². The van der Waals surface area contributed by atoms with Gasteiger partial charge in [0.2, 0.25) is 17.7 Å². The summed E-state index contributed by atoms with van der Waals surface area (Å²) in [5.74, 6) is -2.79. The first-order chi connectivity index (χ1) is 23.3. The van der Waals surface area contributed by atoms with Crippen LogP contribution in [0.5, 0.6) is 5.75 Å². The van der Waals surface area contributed by atoms with Crippen LogP contribution < -0.4 is 4.90 Å². The summed E-state index contributed by atoms with van der Waals surface area (Å²) in [7, 11) is 0. The summed E-state index contributed by atoms with van der Waals surface area (Å²) in [4.78, 5) is 61.6. The Balaban J connectivity index is 1.12. The van der Waals surface area contributed by atoms with Crippen LogP contribution in [0.4, 0.5) is 5.69 Å². The number of nitrogens with zero attached hydrogens (tertiary/aromatic N) is 2. The first kappa shape index (κ1) is 28.3. The number of ketones is 2. The Morgan fingerprint density at radius 2 is 1.58 bits per heavy atom. The van der Waals surface area contributed by atoms with E-state index < -0.39 is 23.7 Å². The predicted molar refractivity (Wildman–Crippen MR) is 179 cm³/mol. The molecule has 1 saturated heterocycles. The molecule has 0 radical (unpaired) electrons. The number of carbonyl (C=O) groups excluding carboxylic acids is 4. The molecule has 4 aliphatic rings. The van der Waals surface area contributed by atoms with E-state index in [0.29, 0.717) is 45.7 Å². The molecule has 0 bridgehead atoms. The van der Waals surface area contributed by atoms with E-state index in [9.17, 15) is 24.3 Å². The maximum absolute atomic E-state index is 14.4. The van der Waals surface area contributed by atoms with Crippen LogP contribution in [-0.4, -0.2) is 33.5 Å². The van der Waals surface area contributed by atoms with Gasteiger partial charge in [-0.05, 0) is 85.2 Å². The largest absolute Gasteiger partial charge is 0.507 e. The molecular formula is C40H28N2O6. The van der Waals surface area contributed by atoms with Gasteiger partial charge in [0.25, 0.3) is 0 Å². The van der Waals surface area contributed by atoms with Crippen molar-refractivity contribution >= 4 is 50.9 Å². The molecule has 48 heavy (non-hydrogen) atoms. The second-order valence-corrected chi connectivity index (χ2v) is 13.0. The zero-order chi connectivity index (χ0) is 32.8. The van der Waals surface area contributed by atoms with Gasteiger partial charge < -0.3 is 9.52 Å². The molecule has 0 spiro atoms. The van der Waals surface area contributed by atoms with Crippen LogP contribution in [0.2, 0.25) is 0 Å². The number of carbonyl (C=O) groups is 4. The van der Waals surface area contributed by atoms with Gasteiger partial charge >= 0.3 is 0 Å². The summed E-state index contributed by atoms with van der Waals surface area (Å²) in [5, 5.41) is 12.1. The minimum Gasteiger partial charge on any atom is -0.507 e. The average Bonchev–Trinajstić information content (AvgIpc) is 3.65. The van der Waals surface area contributed by atoms with Crippen LogP contribution >= 0.6 is 0 Å². The lowest BCUT2D eigenvalue weighted by Gasteiger charge is -2.42. The number of hydrogen-bond donors (Lipinski definition) is 1. The Morgan fingerprint density at radius 3 is 2.38 bits per heavy atom. The first-order valence-corrected chi connectivity index (χ1v) is 16.0. The van der Waals surface area contributed by atoms with Gasteiger partial charge in [0.05, 0.1) is 17.5 Å². The van der Waals surface area contributed by atoms with Crippen LogP contribution in [0, 0.1) is 17.8 Å². The molecule has 9 rings (SSSR count). The number of imide groups is 1. The minimum absolute atomic E-state index is 0.116. The van der Waals surface area contributed by atoms with E-state index in [0.717, 1.165) is 27.6 Å². The van der Waals surface area contributed by atoms with Crippen molar-refractivity contribution in [2.45, 2.75) is 25.7 Å². The maximum atomic E-state index is 14.4. The highest BCUT2D eigenvalue weighted by atomic mass is 16.3. The molecule has 234 valence electrons. The monoisotopic (exact) mass is 632 g/mol. The first-order valence-electron chi connectivity index (χ1n) is 16.0. The van der Waals surface area contributed by atoms with Crippen molar-refractivity contribution in [3.63, 3.8) is 0 Å². The van der Waals surface area contributed by atoms with E-state index in [2.05, 4.69) is 4.98 Å². The highest BCUT2D eigenvalue weighted by Gasteiger charge is 2.56. The molecule has 0 saturated carbocycles. The van der Waals surface area contributed by atoms with Crippen molar-refractivity contribution in [3.05, 3.63) is 125 Å². The van der Waals surface area contributed by atoms with E-state index in [1.807, 2.05) is 54.6 Å². The fraction of sp³-hybridized carbons (Fsp3) is 0.175. The number of anilines is 1. The highest BCUT2D eigenvalue weighted by molar-refractivity contribution is 6.25. The second-order valence-electron chi connectivity index (χ2n) is 13.0. The molecule has 2 amide bonds. The van der Waals surface area contributed by atoms with Crippen molar-refractivity contribution in [2.24, 2.45) is 17.8 Å². The summed E-state index contributed by atoms with van der Waals surface area (Å²) in [6.45, 7) is 1.65. The van der Waals surface area contributed by atoms with Crippen molar-refractivity contribution < 1.29 is 28.7 Å². The fourth-order valence-corrected chi connectivity index (χ4v) is 8.28. The van der Waals surface area contributed by atoms with E-state index in [1.54, 1.807) is 43.3 Å². The molecule has 1 N–H and O–H groups in total. The molecule has 0 unspecified atom stereocenters. The number of Topliss-reactive ketones (excluding diaryl/α,β-unsaturated/α-hetero) is 1. The van der Waals surface area contributed by atoms with Crippen LogP contribution in [0.15, 0.2) is 124 Å². The standard InChI is InChI=1S/C40H28N2O6/c1-20-18-32(44)29-19-28-26(34(36(29)37(20)45)25-16-17-31(43)24-7-3-2-6-23(24)25)14-15-27-35(28)40(47)42(39(27)46)22-12-10-21(11-13-22)38-41-30-8-4-5-9-33(30)48-38/h2-14,16-18,27-28,34-35,43H,15,19H2,1H3/t27-,28+,34-,35-/m0/s1. The summed E-state index contributed by atoms with van der Waals surface area (Å²) in [6, 6.07) is 25.4. The summed E-state index contributed by atoms with van der Waals surface area (Å²) < 4.78 is 5.90.